The lowest BCUT2D eigenvalue weighted by Gasteiger charge is -2.33. The molecule has 1 fully saturated rings. The first-order valence-electron chi connectivity index (χ1n) is 6.46. The molecule has 2 heterocycles. The zero-order valence-electron chi connectivity index (χ0n) is 11.7. The summed E-state index contributed by atoms with van der Waals surface area (Å²) in [7, 11) is -3.90. The Balaban J connectivity index is 2.38. The van der Waals surface area contributed by atoms with Gasteiger partial charge < -0.3 is 15.0 Å². The highest BCUT2D eigenvalue weighted by Gasteiger charge is 2.40. The number of rotatable bonds is 4. The number of hydrogen-bond donors (Lipinski definition) is 2. The van der Waals surface area contributed by atoms with Gasteiger partial charge in [0.15, 0.2) is 4.21 Å². The van der Waals surface area contributed by atoms with Gasteiger partial charge in [-0.15, -0.1) is 0 Å². The monoisotopic (exact) mass is 335 g/mol. The Morgan fingerprint density at radius 3 is 2.81 bits per heavy atom. The number of aromatic amines is 1. The third-order valence-electron chi connectivity index (χ3n) is 3.08. The summed E-state index contributed by atoms with van der Waals surface area (Å²) in [4.78, 5) is 25.3. The lowest BCUT2D eigenvalue weighted by atomic mass is 10.2. The molecule has 0 spiro atoms. The predicted molar refractivity (Wildman–Crippen MR) is 76.9 cm³/mol. The van der Waals surface area contributed by atoms with E-state index in [1.165, 1.54) is 6.92 Å². The molecule has 0 aliphatic carbocycles. The summed E-state index contributed by atoms with van der Waals surface area (Å²) in [5.41, 5.74) is 0.283. The van der Waals surface area contributed by atoms with Crippen LogP contribution < -0.4 is 10.2 Å². The molecule has 118 valence electrons. The maximum atomic E-state index is 12.7. The number of nitrogens with zero attached hydrogens (tertiary/aromatic N) is 1. The number of H-pyrrole nitrogens is 1. The van der Waals surface area contributed by atoms with Gasteiger partial charge >= 0.3 is 10.8 Å². The fourth-order valence-electron chi connectivity index (χ4n) is 2.16. The van der Waals surface area contributed by atoms with Crippen molar-refractivity contribution >= 4 is 27.3 Å². The molecule has 10 heteroatoms. The number of esters is 1. The van der Waals surface area contributed by atoms with Gasteiger partial charge in [0, 0.05) is 25.3 Å². The van der Waals surface area contributed by atoms with Crippen molar-refractivity contribution in [3.63, 3.8) is 0 Å². The standard InChI is InChI=1S/C11H17N3O5S2/c1-3-19-9(15)8-6-12-4-5-14(8)21(17,18)10-7(2)13-11(16)20-10/h8,12H,3-6H2,1-2H3,(H,13,16). The molecule has 0 bridgehead atoms. The van der Waals surface area contributed by atoms with Crippen molar-refractivity contribution in [1.29, 1.82) is 0 Å². The van der Waals surface area contributed by atoms with Gasteiger partial charge in [-0.3, -0.25) is 9.59 Å². The quantitative estimate of drug-likeness (QED) is 0.702. The summed E-state index contributed by atoms with van der Waals surface area (Å²) in [6.45, 7) is 4.14. The topological polar surface area (TPSA) is 109 Å². The van der Waals surface area contributed by atoms with Gasteiger partial charge in [-0.05, 0) is 13.8 Å². The molecule has 1 unspecified atom stereocenters. The molecule has 21 heavy (non-hydrogen) atoms. The van der Waals surface area contributed by atoms with Gasteiger partial charge in [0.1, 0.15) is 6.04 Å². The zero-order chi connectivity index (χ0) is 15.6. The molecule has 1 aromatic heterocycles. The molecular formula is C11H17N3O5S2. The predicted octanol–water partition coefficient (Wildman–Crippen LogP) is -0.730. The Kier molecular flexibility index (Phi) is 4.81. The Hall–Kier alpha value is -1.23. The molecule has 1 aliphatic rings. The number of nitrogens with one attached hydrogen (secondary N) is 2. The van der Waals surface area contributed by atoms with E-state index in [1.807, 2.05) is 0 Å². The van der Waals surface area contributed by atoms with Crippen molar-refractivity contribution in [2.75, 3.05) is 26.2 Å². The minimum Gasteiger partial charge on any atom is -0.465 e. The molecule has 1 atom stereocenters. The minimum atomic E-state index is -3.90. The van der Waals surface area contributed by atoms with Crippen molar-refractivity contribution in [2.24, 2.45) is 0 Å². The van der Waals surface area contributed by atoms with Crippen LogP contribution >= 0.6 is 11.3 Å². The van der Waals surface area contributed by atoms with Crippen LogP contribution in [0.2, 0.25) is 0 Å². The summed E-state index contributed by atoms with van der Waals surface area (Å²) in [5, 5.41) is 2.97. The summed E-state index contributed by atoms with van der Waals surface area (Å²) in [6, 6.07) is -0.916. The highest BCUT2D eigenvalue weighted by Crippen LogP contribution is 2.24. The highest BCUT2D eigenvalue weighted by atomic mass is 32.2. The van der Waals surface area contributed by atoms with Gasteiger partial charge in [-0.2, -0.15) is 4.31 Å². The number of carbonyl (C=O) groups is 1. The Morgan fingerprint density at radius 1 is 1.52 bits per heavy atom. The molecule has 1 aromatic rings. The second-order valence-electron chi connectivity index (χ2n) is 4.51. The molecule has 0 aromatic carbocycles. The summed E-state index contributed by atoms with van der Waals surface area (Å²) in [5.74, 6) is -0.589. The summed E-state index contributed by atoms with van der Waals surface area (Å²) in [6.07, 6.45) is 0. The average Bonchev–Trinajstić information content (AvgIpc) is 2.79. The van der Waals surface area contributed by atoms with E-state index in [4.69, 9.17) is 4.74 Å². The maximum Gasteiger partial charge on any atom is 0.325 e. The van der Waals surface area contributed by atoms with Gasteiger partial charge in [-0.25, -0.2) is 8.42 Å². The lowest BCUT2D eigenvalue weighted by Crippen LogP contribution is -2.57. The molecule has 2 N–H and O–H groups in total. The van der Waals surface area contributed by atoms with Crippen LogP contribution in [0.15, 0.2) is 9.00 Å². The van der Waals surface area contributed by atoms with E-state index in [0.29, 0.717) is 17.9 Å². The van der Waals surface area contributed by atoms with Crippen molar-refractivity contribution < 1.29 is 17.9 Å². The van der Waals surface area contributed by atoms with Crippen LogP contribution in [-0.2, 0) is 19.6 Å². The van der Waals surface area contributed by atoms with Crippen LogP contribution in [0, 0.1) is 6.92 Å². The number of aryl methyl sites for hydroxylation is 1. The van der Waals surface area contributed by atoms with E-state index in [1.54, 1.807) is 6.92 Å². The van der Waals surface area contributed by atoms with Crippen LogP contribution in [0.4, 0.5) is 0 Å². The lowest BCUT2D eigenvalue weighted by molar-refractivity contribution is -0.148. The fraction of sp³-hybridized carbons (Fsp3) is 0.636. The molecule has 0 saturated carbocycles. The van der Waals surface area contributed by atoms with Gasteiger partial charge in [-0.1, -0.05) is 11.3 Å². The van der Waals surface area contributed by atoms with Gasteiger partial charge in [0.2, 0.25) is 0 Å². The highest BCUT2D eigenvalue weighted by molar-refractivity contribution is 7.91. The van der Waals surface area contributed by atoms with Crippen LogP contribution in [0.25, 0.3) is 0 Å². The van der Waals surface area contributed by atoms with Crippen LogP contribution in [-0.4, -0.2) is 56.0 Å². The van der Waals surface area contributed by atoms with Gasteiger partial charge in [0.25, 0.3) is 10.0 Å². The third kappa shape index (κ3) is 3.18. The largest absolute Gasteiger partial charge is 0.465 e. The summed E-state index contributed by atoms with van der Waals surface area (Å²) < 4.78 is 31.3. The van der Waals surface area contributed by atoms with E-state index in [2.05, 4.69) is 10.3 Å². The SMILES string of the molecule is CCOC(=O)C1CNCCN1S(=O)(=O)c1sc(=O)[nH]c1C. The minimum absolute atomic E-state index is 0.0521. The number of thiazole rings is 1. The van der Waals surface area contributed by atoms with Crippen molar-refractivity contribution in [2.45, 2.75) is 24.1 Å². The molecule has 1 saturated heterocycles. The maximum absolute atomic E-state index is 12.7. The molecule has 0 amide bonds. The van der Waals surface area contributed by atoms with Gasteiger partial charge in [0.05, 0.1) is 6.61 Å². The number of carbonyl (C=O) groups excluding carboxylic acids is 1. The first-order valence-corrected chi connectivity index (χ1v) is 8.72. The van der Waals surface area contributed by atoms with Crippen LogP contribution in [0.3, 0.4) is 0 Å². The number of piperazine rings is 1. The number of hydrogen-bond acceptors (Lipinski definition) is 7. The van der Waals surface area contributed by atoms with Crippen molar-refractivity contribution in [3.05, 3.63) is 15.4 Å². The average molecular weight is 335 g/mol. The molecule has 8 nitrogen and oxygen atoms in total. The normalized spacial score (nSPS) is 20.4. The van der Waals surface area contributed by atoms with Crippen LogP contribution in [0.5, 0.6) is 0 Å². The first-order chi connectivity index (χ1) is 9.87. The van der Waals surface area contributed by atoms with Crippen molar-refractivity contribution in [1.82, 2.24) is 14.6 Å². The van der Waals surface area contributed by atoms with E-state index in [9.17, 15) is 18.0 Å². The van der Waals surface area contributed by atoms with Crippen molar-refractivity contribution in [3.8, 4) is 0 Å². The summed E-state index contributed by atoms with van der Waals surface area (Å²) >= 11 is 0.629. The Labute approximate surface area is 126 Å². The Morgan fingerprint density at radius 2 is 2.24 bits per heavy atom. The second-order valence-corrected chi connectivity index (χ2v) is 7.58. The van der Waals surface area contributed by atoms with E-state index < -0.39 is 26.9 Å². The molecule has 2 rings (SSSR count). The second kappa shape index (κ2) is 6.26. The number of sulfonamides is 1. The van der Waals surface area contributed by atoms with E-state index in [-0.39, 0.29) is 29.6 Å². The Bertz CT molecular complexity index is 678. The van der Waals surface area contributed by atoms with E-state index in [0.717, 1.165) is 4.31 Å². The first kappa shape index (κ1) is 16.1. The number of aromatic nitrogens is 1. The molecule has 0 radical (unpaired) electrons. The number of ether oxygens (including phenoxy) is 1. The van der Waals surface area contributed by atoms with E-state index >= 15 is 0 Å². The third-order valence-corrected chi connectivity index (χ3v) is 6.57. The molecule has 1 aliphatic heterocycles. The zero-order valence-corrected chi connectivity index (χ0v) is 13.3. The smallest absolute Gasteiger partial charge is 0.325 e. The fourth-order valence-corrected chi connectivity index (χ4v) is 5.15. The van der Waals surface area contributed by atoms with Crippen LogP contribution in [0.1, 0.15) is 12.6 Å². The molecular weight excluding hydrogens is 318 g/mol.